The minimum Gasteiger partial charge on any atom is -0.325 e. The highest BCUT2D eigenvalue weighted by atomic mass is 16.1. The van der Waals surface area contributed by atoms with Crippen LogP contribution in [0.5, 0.6) is 0 Å². The number of pyridine rings is 1. The Kier molecular flexibility index (Phi) is 3.92. The van der Waals surface area contributed by atoms with Crippen molar-refractivity contribution in [3.63, 3.8) is 0 Å². The van der Waals surface area contributed by atoms with Crippen molar-refractivity contribution in [2.75, 3.05) is 18.4 Å². The topological polar surface area (TPSA) is 54.0 Å². The summed E-state index contributed by atoms with van der Waals surface area (Å²) in [6, 6.07) is 9.68. The first-order valence-corrected chi connectivity index (χ1v) is 7.17. The molecular formula is C16H19N3O. The van der Waals surface area contributed by atoms with Crippen molar-refractivity contribution in [3.8, 4) is 0 Å². The second kappa shape index (κ2) is 6.01. The van der Waals surface area contributed by atoms with Gasteiger partial charge >= 0.3 is 0 Å². The van der Waals surface area contributed by atoms with Crippen molar-refractivity contribution in [2.24, 2.45) is 5.92 Å². The Hall–Kier alpha value is -1.94. The fraction of sp³-hybridized carbons (Fsp3) is 0.375. The van der Waals surface area contributed by atoms with Crippen molar-refractivity contribution in [1.82, 2.24) is 10.3 Å². The maximum absolute atomic E-state index is 12.1. The van der Waals surface area contributed by atoms with E-state index >= 15 is 0 Å². The summed E-state index contributed by atoms with van der Waals surface area (Å²) < 4.78 is 0. The Labute approximate surface area is 118 Å². The smallest absolute Gasteiger partial charge is 0.224 e. The standard InChI is InChI=1S/C16H19N3O/c20-16(7-6-12-8-10-17-11-12)19-15-5-1-4-14-13(15)3-2-9-18-14/h1-5,9,12,17H,6-8,10-11H2,(H,19,20). The van der Waals surface area contributed by atoms with E-state index in [0.29, 0.717) is 12.3 Å². The van der Waals surface area contributed by atoms with Crippen LogP contribution < -0.4 is 10.6 Å². The summed E-state index contributed by atoms with van der Waals surface area (Å²) in [5, 5.41) is 7.33. The summed E-state index contributed by atoms with van der Waals surface area (Å²) in [6.07, 6.45) is 4.50. The second-order valence-corrected chi connectivity index (χ2v) is 5.32. The number of benzene rings is 1. The van der Waals surface area contributed by atoms with E-state index in [1.54, 1.807) is 6.20 Å². The lowest BCUT2D eigenvalue weighted by molar-refractivity contribution is -0.116. The lowest BCUT2D eigenvalue weighted by Gasteiger charge is -2.10. The molecule has 104 valence electrons. The van der Waals surface area contributed by atoms with E-state index in [1.165, 1.54) is 6.42 Å². The molecule has 0 bridgehead atoms. The number of nitrogens with zero attached hydrogens (tertiary/aromatic N) is 1. The Morgan fingerprint density at radius 3 is 3.15 bits per heavy atom. The van der Waals surface area contributed by atoms with Gasteiger partial charge in [-0.2, -0.15) is 0 Å². The number of aromatic nitrogens is 1. The largest absolute Gasteiger partial charge is 0.325 e. The third-order valence-corrected chi connectivity index (χ3v) is 3.86. The Bertz CT molecular complexity index is 600. The van der Waals surface area contributed by atoms with E-state index in [1.807, 2.05) is 30.3 Å². The monoisotopic (exact) mass is 269 g/mol. The Morgan fingerprint density at radius 2 is 2.30 bits per heavy atom. The van der Waals surface area contributed by atoms with Gasteiger partial charge in [-0.15, -0.1) is 0 Å². The highest BCUT2D eigenvalue weighted by molar-refractivity contribution is 6.00. The number of rotatable bonds is 4. The van der Waals surface area contributed by atoms with Crippen LogP contribution in [0.15, 0.2) is 36.5 Å². The van der Waals surface area contributed by atoms with Crippen LogP contribution in [0.25, 0.3) is 10.9 Å². The minimum absolute atomic E-state index is 0.0910. The fourth-order valence-electron chi connectivity index (χ4n) is 2.72. The number of anilines is 1. The van der Waals surface area contributed by atoms with Gasteiger partial charge in [0, 0.05) is 18.0 Å². The highest BCUT2D eigenvalue weighted by Gasteiger charge is 2.16. The van der Waals surface area contributed by atoms with E-state index in [9.17, 15) is 4.79 Å². The molecule has 1 atom stereocenters. The van der Waals surface area contributed by atoms with Crippen molar-refractivity contribution in [3.05, 3.63) is 36.5 Å². The Morgan fingerprint density at radius 1 is 1.35 bits per heavy atom. The number of amides is 1. The van der Waals surface area contributed by atoms with Crippen LogP contribution in [0.4, 0.5) is 5.69 Å². The molecule has 2 aromatic rings. The summed E-state index contributed by atoms with van der Waals surface area (Å²) in [5.74, 6) is 0.739. The predicted molar refractivity (Wildman–Crippen MR) is 80.6 cm³/mol. The zero-order valence-corrected chi connectivity index (χ0v) is 11.4. The second-order valence-electron chi connectivity index (χ2n) is 5.32. The normalized spacial score (nSPS) is 18.3. The van der Waals surface area contributed by atoms with Crippen LogP contribution >= 0.6 is 0 Å². The van der Waals surface area contributed by atoms with Gasteiger partial charge in [-0.1, -0.05) is 6.07 Å². The lowest BCUT2D eigenvalue weighted by Crippen LogP contribution is -2.15. The molecule has 0 aliphatic carbocycles. The van der Waals surface area contributed by atoms with Gasteiger partial charge in [0.15, 0.2) is 0 Å². The molecule has 1 aliphatic rings. The van der Waals surface area contributed by atoms with E-state index < -0.39 is 0 Å². The predicted octanol–water partition coefficient (Wildman–Crippen LogP) is 2.56. The SMILES string of the molecule is O=C(CCC1CCNC1)Nc1cccc2ncccc12. The van der Waals surface area contributed by atoms with Gasteiger partial charge in [0.05, 0.1) is 11.2 Å². The zero-order chi connectivity index (χ0) is 13.8. The molecule has 20 heavy (non-hydrogen) atoms. The molecule has 0 radical (unpaired) electrons. The molecule has 2 N–H and O–H groups in total. The molecule has 2 heterocycles. The molecule has 4 heteroatoms. The van der Waals surface area contributed by atoms with E-state index in [2.05, 4.69) is 15.6 Å². The first kappa shape index (κ1) is 13.1. The van der Waals surface area contributed by atoms with Crippen LogP contribution in [-0.2, 0) is 4.79 Å². The first-order valence-electron chi connectivity index (χ1n) is 7.17. The van der Waals surface area contributed by atoms with Gasteiger partial charge in [-0.3, -0.25) is 9.78 Å². The van der Waals surface area contributed by atoms with Crippen LogP contribution in [0, 0.1) is 5.92 Å². The van der Waals surface area contributed by atoms with E-state index in [0.717, 1.165) is 36.1 Å². The van der Waals surface area contributed by atoms with E-state index in [-0.39, 0.29) is 5.91 Å². The third kappa shape index (κ3) is 2.96. The summed E-state index contributed by atoms with van der Waals surface area (Å²) in [6.45, 7) is 2.13. The number of hydrogen-bond acceptors (Lipinski definition) is 3. The molecule has 1 aromatic heterocycles. The molecule has 4 nitrogen and oxygen atoms in total. The van der Waals surface area contributed by atoms with Crippen molar-refractivity contribution in [2.45, 2.75) is 19.3 Å². The fourth-order valence-corrected chi connectivity index (χ4v) is 2.72. The molecule has 1 saturated heterocycles. The summed E-state index contributed by atoms with van der Waals surface area (Å²) in [5.41, 5.74) is 1.76. The van der Waals surface area contributed by atoms with Crippen LogP contribution in [0.3, 0.4) is 0 Å². The highest BCUT2D eigenvalue weighted by Crippen LogP contribution is 2.22. The van der Waals surface area contributed by atoms with Crippen LogP contribution in [0.2, 0.25) is 0 Å². The molecule has 1 amide bonds. The minimum atomic E-state index is 0.0910. The van der Waals surface area contributed by atoms with Gasteiger partial charge in [-0.25, -0.2) is 0 Å². The molecule has 0 saturated carbocycles. The molecule has 3 rings (SSSR count). The molecule has 1 aliphatic heterocycles. The van der Waals surface area contributed by atoms with Gasteiger partial charge < -0.3 is 10.6 Å². The van der Waals surface area contributed by atoms with Crippen LogP contribution in [-0.4, -0.2) is 24.0 Å². The number of hydrogen-bond donors (Lipinski definition) is 2. The van der Waals surface area contributed by atoms with E-state index in [4.69, 9.17) is 0 Å². The van der Waals surface area contributed by atoms with Crippen molar-refractivity contribution in [1.29, 1.82) is 0 Å². The molecule has 1 unspecified atom stereocenters. The number of nitrogens with one attached hydrogen (secondary N) is 2. The summed E-state index contributed by atoms with van der Waals surface area (Å²) >= 11 is 0. The quantitative estimate of drug-likeness (QED) is 0.897. The molecular weight excluding hydrogens is 250 g/mol. The Balaban J connectivity index is 1.65. The maximum Gasteiger partial charge on any atom is 0.224 e. The first-order chi connectivity index (χ1) is 9.83. The molecule has 0 spiro atoms. The van der Waals surface area contributed by atoms with Crippen molar-refractivity contribution >= 4 is 22.5 Å². The molecule has 1 fully saturated rings. The third-order valence-electron chi connectivity index (χ3n) is 3.86. The zero-order valence-electron chi connectivity index (χ0n) is 11.4. The van der Waals surface area contributed by atoms with Gasteiger partial charge in [0.1, 0.15) is 0 Å². The summed E-state index contributed by atoms with van der Waals surface area (Å²) in [7, 11) is 0. The number of carbonyl (C=O) groups excluding carboxylic acids is 1. The van der Waals surface area contributed by atoms with Gasteiger partial charge in [-0.05, 0) is 56.1 Å². The number of fused-ring (bicyclic) bond motifs is 1. The average molecular weight is 269 g/mol. The summed E-state index contributed by atoms with van der Waals surface area (Å²) in [4.78, 5) is 16.4. The average Bonchev–Trinajstić information content (AvgIpc) is 2.99. The number of carbonyl (C=O) groups is 1. The lowest BCUT2D eigenvalue weighted by atomic mass is 10.0. The van der Waals surface area contributed by atoms with Crippen molar-refractivity contribution < 1.29 is 4.79 Å². The van der Waals surface area contributed by atoms with Gasteiger partial charge in [0.2, 0.25) is 5.91 Å². The van der Waals surface area contributed by atoms with Crippen LogP contribution in [0.1, 0.15) is 19.3 Å². The van der Waals surface area contributed by atoms with Gasteiger partial charge in [0.25, 0.3) is 0 Å². The maximum atomic E-state index is 12.1. The molecule has 1 aromatic carbocycles.